The van der Waals surface area contributed by atoms with Crippen LogP contribution >= 0.6 is 11.3 Å². The van der Waals surface area contributed by atoms with Crippen LogP contribution in [0.15, 0.2) is 11.4 Å². The predicted octanol–water partition coefficient (Wildman–Crippen LogP) is 3.18. The van der Waals surface area contributed by atoms with Gasteiger partial charge in [-0.1, -0.05) is 6.92 Å². The van der Waals surface area contributed by atoms with Crippen molar-refractivity contribution in [1.82, 2.24) is 4.90 Å². The van der Waals surface area contributed by atoms with Gasteiger partial charge < -0.3 is 5.73 Å². The van der Waals surface area contributed by atoms with Crippen LogP contribution in [0.3, 0.4) is 0 Å². The van der Waals surface area contributed by atoms with Crippen LogP contribution in [-0.4, -0.2) is 24.0 Å². The standard InChI is InChI=1S/C14H24N2S/c1-10-4-5-12(3)16(9-10)13(8-15)14-11(2)6-7-17-14/h6-7,10,12-13H,4-5,8-9,15H2,1-3H3. The molecule has 1 aromatic heterocycles. The van der Waals surface area contributed by atoms with E-state index in [1.807, 2.05) is 11.3 Å². The van der Waals surface area contributed by atoms with Gasteiger partial charge in [0, 0.05) is 24.0 Å². The zero-order valence-corrected chi connectivity index (χ0v) is 12.0. The van der Waals surface area contributed by atoms with Crippen molar-refractivity contribution < 1.29 is 0 Å². The van der Waals surface area contributed by atoms with E-state index in [4.69, 9.17) is 5.73 Å². The Kier molecular flexibility index (Phi) is 4.23. The molecule has 0 aliphatic carbocycles. The van der Waals surface area contributed by atoms with Gasteiger partial charge in [-0.3, -0.25) is 4.90 Å². The molecule has 3 unspecified atom stereocenters. The van der Waals surface area contributed by atoms with Gasteiger partial charge in [-0.05, 0) is 49.6 Å². The molecule has 0 spiro atoms. The smallest absolute Gasteiger partial charge is 0.0569 e. The van der Waals surface area contributed by atoms with Crippen molar-refractivity contribution in [3.05, 3.63) is 21.9 Å². The fourth-order valence-electron chi connectivity index (χ4n) is 2.88. The molecule has 1 saturated heterocycles. The number of rotatable bonds is 3. The lowest BCUT2D eigenvalue weighted by molar-refractivity contribution is 0.0811. The predicted molar refractivity (Wildman–Crippen MR) is 75.4 cm³/mol. The molecule has 1 aromatic rings. The van der Waals surface area contributed by atoms with Gasteiger partial charge in [0.1, 0.15) is 0 Å². The maximum atomic E-state index is 6.04. The fraction of sp³-hybridized carbons (Fsp3) is 0.714. The minimum Gasteiger partial charge on any atom is -0.329 e. The van der Waals surface area contributed by atoms with Gasteiger partial charge in [0.25, 0.3) is 0 Å². The van der Waals surface area contributed by atoms with Crippen LogP contribution in [-0.2, 0) is 0 Å². The van der Waals surface area contributed by atoms with Crippen LogP contribution < -0.4 is 5.73 Å². The molecule has 17 heavy (non-hydrogen) atoms. The van der Waals surface area contributed by atoms with Crippen LogP contribution in [0.4, 0.5) is 0 Å². The maximum Gasteiger partial charge on any atom is 0.0569 e. The Morgan fingerprint density at radius 1 is 1.47 bits per heavy atom. The number of thiophene rings is 1. The minimum absolute atomic E-state index is 0.424. The molecule has 0 radical (unpaired) electrons. The topological polar surface area (TPSA) is 29.3 Å². The van der Waals surface area contributed by atoms with E-state index < -0.39 is 0 Å². The molecule has 96 valence electrons. The highest BCUT2D eigenvalue weighted by molar-refractivity contribution is 7.10. The summed E-state index contributed by atoms with van der Waals surface area (Å²) >= 11 is 1.86. The molecule has 3 heteroatoms. The monoisotopic (exact) mass is 252 g/mol. The van der Waals surface area contributed by atoms with Gasteiger partial charge >= 0.3 is 0 Å². The third kappa shape index (κ3) is 2.72. The number of nitrogens with two attached hydrogens (primary N) is 1. The third-order valence-corrected chi connectivity index (χ3v) is 5.11. The van der Waals surface area contributed by atoms with E-state index in [0.717, 1.165) is 12.5 Å². The highest BCUT2D eigenvalue weighted by Gasteiger charge is 2.30. The maximum absolute atomic E-state index is 6.04. The number of hydrogen-bond donors (Lipinski definition) is 1. The first-order chi connectivity index (χ1) is 8.13. The third-order valence-electron chi connectivity index (χ3n) is 3.99. The Hall–Kier alpha value is -0.380. The summed E-state index contributed by atoms with van der Waals surface area (Å²) in [6, 6.07) is 3.30. The molecule has 2 nitrogen and oxygen atoms in total. The molecule has 3 atom stereocenters. The van der Waals surface area contributed by atoms with E-state index in [0.29, 0.717) is 12.1 Å². The van der Waals surface area contributed by atoms with Crippen LogP contribution in [0.25, 0.3) is 0 Å². The molecule has 0 bridgehead atoms. The van der Waals surface area contributed by atoms with Crippen molar-refractivity contribution >= 4 is 11.3 Å². The Morgan fingerprint density at radius 3 is 2.82 bits per heavy atom. The van der Waals surface area contributed by atoms with Crippen molar-refractivity contribution in [2.24, 2.45) is 11.7 Å². The molecule has 1 fully saturated rings. The zero-order valence-electron chi connectivity index (χ0n) is 11.1. The van der Waals surface area contributed by atoms with E-state index in [9.17, 15) is 0 Å². The summed E-state index contributed by atoms with van der Waals surface area (Å²) in [5, 5.41) is 2.19. The summed E-state index contributed by atoms with van der Waals surface area (Å²) in [7, 11) is 0. The number of piperidine rings is 1. The van der Waals surface area contributed by atoms with E-state index in [1.54, 1.807) is 0 Å². The van der Waals surface area contributed by atoms with Crippen LogP contribution in [0.1, 0.15) is 43.2 Å². The summed E-state index contributed by atoms with van der Waals surface area (Å²) in [5.74, 6) is 0.806. The number of hydrogen-bond acceptors (Lipinski definition) is 3. The number of nitrogens with zero attached hydrogens (tertiary/aromatic N) is 1. The molecule has 2 N–H and O–H groups in total. The first-order valence-electron chi connectivity index (χ1n) is 6.63. The van der Waals surface area contributed by atoms with Gasteiger partial charge in [0.05, 0.1) is 6.04 Å². The Labute approximate surface area is 109 Å². The summed E-state index contributed by atoms with van der Waals surface area (Å²) in [5.41, 5.74) is 7.44. The molecule has 0 amide bonds. The average Bonchev–Trinajstić information content (AvgIpc) is 2.71. The summed E-state index contributed by atoms with van der Waals surface area (Å²) in [6.07, 6.45) is 2.67. The first kappa shape index (κ1) is 13.1. The van der Waals surface area contributed by atoms with Crippen molar-refractivity contribution in [3.63, 3.8) is 0 Å². The Morgan fingerprint density at radius 2 is 2.24 bits per heavy atom. The van der Waals surface area contributed by atoms with Crippen LogP contribution in [0.5, 0.6) is 0 Å². The number of aryl methyl sites for hydroxylation is 1. The summed E-state index contributed by atoms with van der Waals surface area (Å²) in [4.78, 5) is 4.08. The van der Waals surface area contributed by atoms with E-state index in [1.165, 1.54) is 29.8 Å². The van der Waals surface area contributed by atoms with Crippen LogP contribution in [0, 0.1) is 12.8 Å². The molecule has 0 saturated carbocycles. The molecule has 0 aromatic carbocycles. The normalized spacial score (nSPS) is 28.2. The van der Waals surface area contributed by atoms with Crippen molar-refractivity contribution in [2.45, 2.75) is 45.7 Å². The summed E-state index contributed by atoms with van der Waals surface area (Å²) < 4.78 is 0. The molecule has 1 aliphatic rings. The van der Waals surface area contributed by atoms with Crippen molar-refractivity contribution in [2.75, 3.05) is 13.1 Å². The minimum atomic E-state index is 0.424. The second-order valence-corrected chi connectivity index (χ2v) is 6.40. The highest BCUT2D eigenvalue weighted by atomic mass is 32.1. The SMILES string of the molecule is Cc1ccsc1C(CN)N1CC(C)CCC1C. The summed E-state index contributed by atoms with van der Waals surface area (Å²) in [6.45, 7) is 8.83. The Balaban J connectivity index is 2.20. The average molecular weight is 252 g/mol. The van der Waals surface area contributed by atoms with E-state index in [2.05, 4.69) is 37.1 Å². The first-order valence-corrected chi connectivity index (χ1v) is 7.51. The van der Waals surface area contributed by atoms with Crippen molar-refractivity contribution in [3.8, 4) is 0 Å². The van der Waals surface area contributed by atoms with Gasteiger partial charge in [0.15, 0.2) is 0 Å². The zero-order chi connectivity index (χ0) is 12.4. The number of likely N-dealkylation sites (tertiary alicyclic amines) is 1. The highest BCUT2D eigenvalue weighted by Crippen LogP contribution is 2.33. The van der Waals surface area contributed by atoms with Crippen LogP contribution in [0.2, 0.25) is 0 Å². The largest absolute Gasteiger partial charge is 0.329 e. The van der Waals surface area contributed by atoms with Crippen molar-refractivity contribution in [1.29, 1.82) is 0 Å². The van der Waals surface area contributed by atoms with E-state index in [-0.39, 0.29) is 0 Å². The van der Waals surface area contributed by atoms with Gasteiger partial charge in [-0.15, -0.1) is 11.3 Å². The molecule has 2 rings (SSSR count). The second kappa shape index (κ2) is 5.51. The lowest BCUT2D eigenvalue weighted by Gasteiger charge is -2.41. The van der Waals surface area contributed by atoms with Gasteiger partial charge in [0.2, 0.25) is 0 Å². The molecule has 1 aliphatic heterocycles. The fourth-order valence-corrected chi connectivity index (χ4v) is 3.94. The second-order valence-electron chi connectivity index (χ2n) is 5.45. The van der Waals surface area contributed by atoms with E-state index >= 15 is 0 Å². The quantitative estimate of drug-likeness (QED) is 0.895. The van der Waals surface area contributed by atoms with Gasteiger partial charge in [-0.2, -0.15) is 0 Å². The molecular weight excluding hydrogens is 228 g/mol. The lowest BCUT2D eigenvalue weighted by atomic mass is 9.93. The molecule has 2 heterocycles. The molecular formula is C14H24N2S. The van der Waals surface area contributed by atoms with Gasteiger partial charge in [-0.25, -0.2) is 0 Å². The Bertz CT molecular complexity index is 361. The lowest BCUT2D eigenvalue weighted by Crippen LogP contribution is -2.45.